The molecule has 0 saturated heterocycles. The van der Waals surface area contributed by atoms with E-state index in [-0.39, 0.29) is 0 Å². The lowest BCUT2D eigenvalue weighted by Gasteiger charge is -2.45. The number of thioether (sulfide) groups is 1. The van der Waals surface area contributed by atoms with Gasteiger partial charge in [-0.05, 0) is 37.7 Å². The van der Waals surface area contributed by atoms with E-state index in [2.05, 4.69) is 22.2 Å². The molecule has 4 nitrogen and oxygen atoms in total. The number of aryl methyl sites for hydroxylation is 1. The van der Waals surface area contributed by atoms with E-state index in [1.165, 1.54) is 0 Å². The van der Waals surface area contributed by atoms with Gasteiger partial charge in [-0.15, -0.1) is 0 Å². The normalized spacial score (nSPS) is 24.8. The van der Waals surface area contributed by atoms with Gasteiger partial charge in [0.1, 0.15) is 5.82 Å². The Morgan fingerprint density at radius 1 is 1.33 bits per heavy atom. The van der Waals surface area contributed by atoms with Crippen LogP contribution >= 0.6 is 11.8 Å². The summed E-state index contributed by atoms with van der Waals surface area (Å²) >= 11 is 1.84. The van der Waals surface area contributed by atoms with E-state index >= 15 is 0 Å². The zero-order valence-electron chi connectivity index (χ0n) is 12.5. The number of anilines is 1. The zero-order valence-corrected chi connectivity index (χ0v) is 13.3. The summed E-state index contributed by atoms with van der Waals surface area (Å²) in [5, 5.41) is 14.3. The smallest absolute Gasteiger partial charge is 0.148 e. The van der Waals surface area contributed by atoms with E-state index in [1.54, 1.807) is 0 Å². The van der Waals surface area contributed by atoms with Gasteiger partial charge in [0.15, 0.2) is 0 Å². The molecule has 2 unspecified atom stereocenters. The van der Waals surface area contributed by atoms with Crippen LogP contribution in [0.4, 0.5) is 5.82 Å². The number of nitrogens with zero attached hydrogens (tertiary/aromatic N) is 2. The summed E-state index contributed by atoms with van der Waals surface area (Å²) in [6, 6.07) is 7.85. The fraction of sp³-hybridized carbons (Fsp3) is 0.500. The van der Waals surface area contributed by atoms with Crippen molar-refractivity contribution in [2.45, 2.75) is 37.5 Å². The number of fused-ring (bicyclic) bond motifs is 1. The SMILES string of the molecule is CCSC1CCC1(O)CNc1nc2ccccc2nc1C. The van der Waals surface area contributed by atoms with Gasteiger partial charge in [-0.1, -0.05) is 19.1 Å². The van der Waals surface area contributed by atoms with Crippen molar-refractivity contribution in [3.63, 3.8) is 0 Å². The molecule has 2 N–H and O–H groups in total. The van der Waals surface area contributed by atoms with E-state index in [0.29, 0.717) is 11.8 Å². The third-order valence-electron chi connectivity index (χ3n) is 4.11. The summed E-state index contributed by atoms with van der Waals surface area (Å²) in [5.41, 5.74) is 2.05. The minimum atomic E-state index is -0.611. The average molecular weight is 303 g/mol. The van der Waals surface area contributed by atoms with Crippen LogP contribution in [0.1, 0.15) is 25.5 Å². The van der Waals surface area contributed by atoms with Crippen molar-refractivity contribution in [2.75, 3.05) is 17.6 Å². The van der Waals surface area contributed by atoms with E-state index in [4.69, 9.17) is 0 Å². The van der Waals surface area contributed by atoms with Gasteiger partial charge >= 0.3 is 0 Å². The predicted molar refractivity (Wildman–Crippen MR) is 88.9 cm³/mol. The number of aliphatic hydroxyl groups is 1. The molecule has 1 aliphatic rings. The van der Waals surface area contributed by atoms with Gasteiger partial charge in [0.25, 0.3) is 0 Å². The Balaban J connectivity index is 1.74. The third kappa shape index (κ3) is 2.85. The van der Waals surface area contributed by atoms with Crippen LogP contribution < -0.4 is 5.32 Å². The summed E-state index contributed by atoms with van der Waals surface area (Å²) < 4.78 is 0. The molecule has 2 atom stereocenters. The molecule has 3 rings (SSSR count). The maximum Gasteiger partial charge on any atom is 0.148 e. The van der Waals surface area contributed by atoms with Crippen LogP contribution in [-0.2, 0) is 0 Å². The molecule has 1 aliphatic carbocycles. The number of hydrogen-bond acceptors (Lipinski definition) is 5. The fourth-order valence-electron chi connectivity index (χ4n) is 2.73. The number of hydrogen-bond donors (Lipinski definition) is 2. The standard InChI is InChI=1S/C16H21N3OS/c1-3-21-14-8-9-16(14,20)10-17-15-11(2)18-12-6-4-5-7-13(12)19-15/h4-7,14,20H,3,8-10H2,1-2H3,(H,17,19). The second-order valence-corrected chi connectivity index (χ2v) is 7.07. The van der Waals surface area contributed by atoms with Crippen LogP contribution in [0, 0.1) is 6.92 Å². The Bertz CT molecular complexity index is 648. The van der Waals surface area contributed by atoms with Crippen molar-refractivity contribution in [1.82, 2.24) is 9.97 Å². The van der Waals surface area contributed by atoms with Crippen LogP contribution in [0.2, 0.25) is 0 Å². The maximum absolute atomic E-state index is 10.6. The second kappa shape index (κ2) is 5.81. The molecular weight excluding hydrogens is 282 g/mol. The highest BCUT2D eigenvalue weighted by molar-refractivity contribution is 8.00. The van der Waals surface area contributed by atoms with E-state index in [0.717, 1.165) is 41.1 Å². The minimum Gasteiger partial charge on any atom is -0.387 e. The largest absolute Gasteiger partial charge is 0.387 e. The molecule has 2 aromatic rings. The molecule has 0 spiro atoms. The first-order valence-corrected chi connectivity index (χ1v) is 8.48. The van der Waals surface area contributed by atoms with Crippen LogP contribution in [0.15, 0.2) is 24.3 Å². The second-order valence-electron chi connectivity index (χ2n) is 5.59. The van der Waals surface area contributed by atoms with Gasteiger partial charge in [-0.3, -0.25) is 0 Å². The molecule has 0 amide bonds. The number of aromatic nitrogens is 2. The molecule has 0 aliphatic heterocycles. The summed E-state index contributed by atoms with van der Waals surface area (Å²) in [6.07, 6.45) is 1.96. The van der Waals surface area contributed by atoms with Crippen molar-refractivity contribution in [3.8, 4) is 0 Å². The zero-order chi connectivity index (χ0) is 14.9. The summed E-state index contributed by atoms with van der Waals surface area (Å²) in [7, 11) is 0. The third-order valence-corrected chi connectivity index (χ3v) is 5.52. The monoisotopic (exact) mass is 303 g/mol. The van der Waals surface area contributed by atoms with Gasteiger partial charge in [0.05, 0.1) is 22.3 Å². The summed E-state index contributed by atoms with van der Waals surface area (Å²) in [4.78, 5) is 9.18. The van der Waals surface area contributed by atoms with Crippen LogP contribution in [0.25, 0.3) is 11.0 Å². The number of para-hydroxylation sites is 2. The van der Waals surface area contributed by atoms with Gasteiger partial charge in [0, 0.05) is 11.8 Å². The maximum atomic E-state index is 10.6. The molecule has 1 heterocycles. The highest BCUT2D eigenvalue weighted by atomic mass is 32.2. The molecule has 112 valence electrons. The molecule has 5 heteroatoms. The summed E-state index contributed by atoms with van der Waals surface area (Å²) in [6.45, 7) is 4.62. The first kappa shape index (κ1) is 14.6. The average Bonchev–Trinajstić information content (AvgIpc) is 2.49. The van der Waals surface area contributed by atoms with Gasteiger partial charge in [-0.25, -0.2) is 9.97 Å². The van der Waals surface area contributed by atoms with Crippen molar-refractivity contribution in [2.24, 2.45) is 0 Å². The van der Waals surface area contributed by atoms with E-state index in [9.17, 15) is 5.11 Å². The Morgan fingerprint density at radius 3 is 2.67 bits per heavy atom. The Hall–Kier alpha value is -1.33. The molecule has 1 aromatic carbocycles. The van der Waals surface area contributed by atoms with Crippen molar-refractivity contribution in [1.29, 1.82) is 0 Å². The lowest BCUT2D eigenvalue weighted by atomic mass is 9.79. The van der Waals surface area contributed by atoms with E-state index in [1.807, 2.05) is 43.0 Å². The molecule has 1 fully saturated rings. The highest BCUT2D eigenvalue weighted by Gasteiger charge is 2.45. The summed E-state index contributed by atoms with van der Waals surface area (Å²) in [5.74, 6) is 1.82. The van der Waals surface area contributed by atoms with Crippen LogP contribution in [-0.4, -0.2) is 38.2 Å². The molecular formula is C16H21N3OS. The highest BCUT2D eigenvalue weighted by Crippen LogP contribution is 2.41. The predicted octanol–water partition coefficient (Wildman–Crippen LogP) is 3.00. The van der Waals surface area contributed by atoms with Crippen molar-refractivity contribution >= 4 is 28.6 Å². The van der Waals surface area contributed by atoms with Crippen LogP contribution in [0.3, 0.4) is 0 Å². The van der Waals surface area contributed by atoms with Crippen molar-refractivity contribution in [3.05, 3.63) is 30.0 Å². The van der Waals surface area contributed by atoms with Gasteiger partial charge < -0.3 is 10.4 Å². The molecule has 0 radical (unpaired) electrons. The fourth-order valence-corrected chi connectivity index (χ4v) is 3.93. The minimum absolute atomic E-state index is 0.337. The topological polar surface area (TPSA) is 58.0 Å². The molecule has 1 aromatic heterocycles. The van der Waals surface area contributed by atoms with Crippen molar-refractivity contribution < 1.29 is 5.11 Å². The lowest BCUT2D eigenvalue weighted by molar-refractivity contribution is -0.0120. The first-order chi connectivity index (χ1) is 10.1. The Morgan fingerprint density at radius 2 is 2.05 bits per heavy atom. The van der Waals surface area contributed by atoms with Gasteiger partial charge in [0.2, 0.25) is 0 Å². The number of nitrogens with one attached hydrogen (secondary N) is 1. The Labute approximate surface area is 129 Å². The number of benzene rings is 1. The first-order valence-electron chi connectivity index (χ1n) is 7.43. The quantitative estimate of drug-likeness (QED) is 0.889. The number of rotatable bonds is 5. The molecule has 0 bridgehead atoms. The van der Waals surface area contributed by atoms with Gasteiger partial charge in [-0.2, -0.15) is 11.8 Å². The van der Waals surface area contributed by atoms with Crippen LogP contribution in [0.5, 0.6) is 0 Å². The lowest BCUT2D eigenvalue weighted by Crippen LogP contribution is -2.54. The van der Waals surface area contributed by atoms with E-state index < -0.39 is 5.60 Å². The Kier molecular flexibility index (Phi) is 4.04. The molecule has 21 heavy (non-hydrogen) atoms. The molecule has 1 saturated carbocycles.